The van der Waals surface area contributed by atoms with Crippen molar-refractivity contribution < 1.29 is 19.2 Å². The summed E-state index contributed by atoms with van der Waals surface area (Å²) in [5, 5.41) is 15.1. The molecule has 0 spiro atoms. The van der Waals surface area contributed by atoms with Gasteiger partial charge in [0.2, 0.25) is 0 Å². The summed E-state index contributed by atoms with van der Waals surface area (Å²) in [4.78, 5) is 22.8. The Kier molecular flexibility index (Phi) is 3.66. The molecular weight excluding hydrogens is 316 g/mol. The predicted octanol–water partition coefficient (Wildman–Crippen LogP) is 2.70. The summed E-state index contributed by atoms with van der Waals surface area (Å²) in [7, 11) is 0. The zero-order chi connectivity index (χ0) is 14.0. The zero-order valence-corrected chi connectivity index (χ0v) is 11.4. The van der Waals surface area contributed by atoms with E-state index in [-0.39, 0.29) is 11.3 Å². The van der Waals surface area contributed by atoms with E-state index in [0.29, 0.717) is 15.9 Å². The standard InChI is InChI=1S/C12H9BrN2O4/c1-6-4-10(15-19-6)11(16)14-7-2-3-9(13)8(5-7)12(17)18/h2-5H,1H3,(H,14,16)(H,17,18). The van der Waals surface area contributed by atoms with Gasteiger partial charge in [0.15, 0.2) is 5.69 Å². The van der Waals surface area contributed by atoms with Crippen molar-refractivity contribution in [2.75, 3.05) is 5.32 Å². The lowest BCUT2D eigenvalue weighted by molar-refractivity contribution is 0.0695. The van der Waals surface area contributed by atoms with Crippen LogP contribution in [0.25, 0.3) is 0 Å². The molecule has 0 aliphatic heterocycles. The van der Waals surface area contributed by atoms with Gasteiger partial charge in [-0.3, -0.25) is 4.79 Å². The molecule has 19 heavy (non-hydrogen) atoms. The molecule has 0 bridgehead atoms. The first-order chi connectivity index (χ1) is 8.97. The van der Waals surface area contributed by atoms with Gasteiger partial charge in [0.25, 0.3) is 5.91 Å². The maximum Gasteiger partial charge on any atom is 0.336 e. The Balaban J connectivity index is 2.22. The summed E-state index contributed by atoms with van der Waals surface area (Å²) in [6.45, 7) is 1.67. The molecule has 1 heterocycles. The Morgan fingerprint density at radius 3 is 2.68 bits per heavy atom. The molecule has 98 valence electrons. The molecule has 0 saturated heterocycles. The first-order valence-corrected chi connectivity index (χ1v) is 6.04. The number of carboxylic acids is 1. The molecule has 0 saturated carbocycles. The third-order valence-electron chi connectivity index (χ3n) is 2.32. The monoisotopic (exact) mass is 324 g/mol. The lowest BCUT2D eigenvalue weighted by atomic mass is 10.2. The number of amides is 1. The van der Waals surface area contributed by atoms with Crippen LogP contribution in [0.1, 0.15) is 26.6 Å². The van der Waals surface area contributed by atoms with E-state index in [1.54, 1.807) is 19.1 Å². The number of hydrogen-bond acceptors (Lipinski definition) is 4. The Labute approximate surface area is 116 Å². The molecule has 6 nitrogen and oxygen atoms in total. The maximum absolute atomic E-state index is 11.8. The van der Waals surface area contributed by atoms with Crippen molar-refractivity contribution in [1.82, 2.24) is 5.16 Å². The van der Waals surface area contributed by atoms with E-state index >= 15 is 0 Å². The average molecular weight is 325 g/mol. The maximum atomic E-state index is 11.8. The molecule has 1 aromatic heterocycles. The molecule has 0 unspecified atom stereocenters. The van der Waals surface area contributed by atoms with Crippen LogP contribution < -0.4 is 5.32 Å². The third kappa shape index (κ3) is 3.00. The number of aromatic nitrogens is 1. The summed E-state index contributed by atoms with van der Waals surface area (Å²) in [6.07, 6.45) is 0. The molecular formula is C12H9BrN2O4. The highest BCUT2D eigenvalue weighted by atomic mass is 79.9. The van der Waals surface area contributed by atoms with Gasteiger partial charge in [0.05, 0.1) is 5.56 Å². The lowest BCUT2D eigenvalue weighted by Crippen LogP contribution is -2.12. The van der Waals surface area contributed by atoms with E-state index in [2.05, 4.69) is 26.4 Å². The number of nitrogens with one attached hydrogen (secondary N) is 1. The third-order valence-corrected chi connectivity index (χ3v) is 3.01. The Bertz CT molecular complexity index is 651. The molecule has 1 amide bonds. The summed E-state index contributed by atoms with van der Waals surface area (Å²) in [6, 6.07) is 5.98. The van der Waals surface area contributed by atoms with Gasteiger partial charge in [-0.1, -0.05) is 5.16 Å². The van der Waals surface area contributed by atoms with Crippen LogP contribution in [-0.4, -0.2) is 22.1 Å². The number of carboxylic acid groups (broad SMARTS) is 1. The quantitative estimate of drug-likeness (QED) is 0.905. The number of carbonyl (C=O) groups excluding carboxylic acids is 1. The van der Waals surface area contributed by atoms with Crippen molar-refractivity contribution in [3.63, 3.8) is 0 Å². The number of nitrogens with zero attached hydrogens (tertiary/aromatic N) is 1. The van der Waals surface area contributed by atoms with Crippen LogP contribution >= 0.6 is 15.9 Å². The van der Waals surface area contributed by atoms with Crippen molar-refractivity contribution in [2.24, 2.45) is 0 Å². The fraction of sp³-hybridized carbons (Fsp3) is 0.0833. The molecule has 0 aliphatic carbocycles. The second-order valence-corrected chi connectivity index (χ2v) is 4.63. The highest BCUT2D eigenvalue weighted by Gasteiger charge is 2.13. The van der Waals surface area contributed by atoms with Crippen molar-refractivity contribution in [1.29, 1.82) is 0 Å². The molecule has 7 heteroatoms. The minimum Gasteiger partial charge on any atom is -0.478 e. The topological polar surface area (TPSA) is 92.4 Å². The van der Waals surface area contributed by atoms with Gasteiger partial charge < -0.3 is 14.9 Å². The number of aryl methyl sites for hydroxylation is 1. The Hall–Kier alpha value is -2.15. The largest absolute Gasteiger partial charge is 0.478 e. The van der Waals surface area contributed by atoms with Crippen molar-refractivity contribution in [3.05, 3.63) is 45.8 Å². The van der Waals surface area contributed by atoms with Gasteiger partial charge in [-0.15, -0.1) is 0 Å². The SMILES string of the molecule is Cc1cc(C(=O)Nc2ccc(Br)c(C(=O)O)c2)no1. The number of carbonyl (C=O) groups is 2. The van der Waals surface area contributed by atoms with Gasteiger partial charge in [-0.05, 0) is 41.1 Å². The average Bonchev–Trinajstić information content (AvgIpc) is 2.78. The fourth-order valence-corrected chi connectivity index (χ4v) is 1.85. The second kappa shape index (κ2) is 5.23. The van der Waals surface area contributed by atoms with Crippen LogP contribution in [-0.2, 0) is 0 Å². The molecule has 1 aromatic carbocycles. The summed E-state index contributed by atoms with van der Waals surface area (Å²) >= 11 is 3.12. The predicted molar refractivity (Wildman–Crippen MR) is 70.3 cm³/mol. The van der Waals surface area contributed by atoms with Crippen LogP contribution in [0.15, 0.2) is 33.3 Å². The van der Waals surface area contributed by atoms with Gasteiger partial charge in [0, 0.05) is 16.2 Å². The van der Waals surface area contributed by atoms with Crippen molar-refractivity contribution in [3.8, 4) is 0 Å². The number of halogens is 1. The fourth-order valence-electron chi connectivity index (χ4n) is 1.44. The summed E-state index contributed by atoms with van der Waals surface area (Å²) in [5.41, 5.74) is 0.567. The second-order valence-electron chi connectivity index (χ2n) is 3.78. The normalized spacial score (nSPS) is 10.2. The molecule has 2 N–H and O–H groups in total. The van der Waals surface area contributed by atoms with Crippen LogP contribution in [0, 0.1) is 6.92 Å². The Morgan fingerprint density at radius 2 is 2.11 bits per heavy atom. The van der Waals surface area contributed by atoms with E-state index in [0.717, 1.165) is 0 Å². The smallest absolute Gasteiger partial charge is 0.336 e. The number of aromatic carboxylic acids is 1. The van der Waals surface area contributed by atoms with E-state index in [1.165, 1.54) is 12.1 Å². The highest BCUT2D eigenvalue weighted by molar-refractivity contribution is 9.10. The van der Waals surface area contributed by atoms with E-state index in [1.807, 2.05) is 0 Å². The van der Waals surface area contributed by atoms with Crippen LogP contribution in [0.4, 0.5) is 5.69 Å². The first kappa shape index (κ1) is 13.3. The number of anilines is 1. The minimum absolute atomic E-state index is 0.0640. The van der Waals surface area contributed by atoms with Gasteiger partial charge in [0.1, 0.15) is 5.76 Å². The van der Waals surface area contributed by atoms with Gasteiger partial charge in [-0.25, -0.2) is 4.79 Å². The van der Waals surface area contributed by atoms with Crippen LogP contribution in [0.2, 0.25) is 0 Å². The van der Waals surface area contributed by atoms with E-state index in [4.69, 9.17) is 9.63 Å². The molecule has 2 rings (SSSR count). The molecule has 2 aromatic rings. The summed E-state index contributed by atoms with van der Waals surface area (Å²) < 4.78 is 5.23. The molecule has 0 aliphatic rings. The Morgan fingerprint density at radius 1 is 1.37 bits per heavy atom. The van der Waals surface area contributed by atoms with Gasteiger partial charge in [-0.2, -0.15) is 0 Å². The zero-order valence-electron chi connectivity index (χ0n) is 9.81. The first-order valence-electron chi connectivity index (χ1n) is 5.25. The van der Waals surface area contributed by atoms with Crippen molar-refractivity contribution >= 4 is 33.5 Å². The molecule has 0 atom stereocenters. The van der Waals surface area contributed by atoms with Gasteiger partial charge >= 0.3 is 5.97 Å². The van der Waals surface area contributed by atoms with E-state index in [9.17, 15) is 9.59 Å². The highest BCUT2D eigenvalue weighted by Crippen LogP contribution is 2.21. The van der Waals surface area contributed by atoms with Crippen LogP contribution in [0.3, 0.4) is 0 Å². The molecule has 0 radical (unpaired) electrons. The lowest BCUT2D eigenvalue weighted by Gasteiger charge is -2.05. The summed E-state index contributed by atoms with van der Waals surface area (Å²) in [5.74, 6) is -1.03. The van der Waals surface area contributed by atoms with Crippen molar-refractivity contribution in [2.45, 2.75) is 6.92 Å². The van der Waals surface area contributed by atoms with Crippen LogP contribution in [0.5, 0.6) is 0 Å². The number of benzene rings is 1. The number of rotatable bonds is 3. The minimum atomic E-state index is -1.08. The molecule has 0 fully saturated rings. The number of hydrogen-bond donors (Lipinski definition) is 2. The van der Waals surface area contributed by atoms with E-state index < -0.39 is 11.9 Å².